The molecule has 0 radical (unpaired) electrons. The van der Waals surface area contributed by atoms with Crippen molar-refractivity contribution in [1.29, 1.82) is 0 Å². The maximum atomic E-state index is 11.7. The van der Waals surface area contributed by atoms with Crippen molar-refractivity contribution >= 4 is 20.3 Å². The van der Waals surface area contributed by atoms with Gasteiger partial charge in [0.25, 0.3) is 0 Å². The van der Waals surface area contributed by atoms with E-state index in [1.54, 1.807) is 0 Å². The van der Waals surface area contributed by atoms with Crippen LogP contribution in [0.5, 0.6) is 0 Å². The van der Waals surface area contributed by atoms with Crippen molar-refractivity contribution < 1.29 is 29.7 Å². The van der Waals surface area contributed by atoms with Crippen LogP contribution in [-0.2, 0) is 26.2 Å². The molecule has 3 atom stereocenters. The minimum atomic E-state index is -1.73. The van der Waals surface area contributed by atoms with Crippen molar-refractivity contribution in [2.45, 2.75) is 78.9 Å². The molecule has 0 aliphatic rings. The zero-order valence-corrected chi connectivity index (χ0v) is 21.2. The van der Waals surface area contributed by atoms with Gasteiger partial charge in [-0.25, -0.2) is 0 Å². The zero-order valence-electron chi connectivity index (χ0n) is 15.7. The molecule has 0 bridgehead atoms. The van der Waals surface area contributed by atoms with Crippen molar-refractivity contribution in [2.24, 2.45) is 0 Å². The topological polar surface area (TPSA) is 71.4 Å². The molecule has 1 rings (SSSR count). The molecule has 0 aromatic heterocycles. The maximum absolute atomic E-state index is 11.7. The average molecular weight is 465 g/mol. The van der Waals surface area contributed by atoms with E-state index >= 15 is 0 Å². The van der Waals surface area contributed by atoms with Gasteiger partial charge in [0.15, 0.2) is 0 Å². The monoisotopic (exact) mass is 465 g/mol. The van der Waals surface area contributed by atoms with Gasteiger partial charge >= 0.3 is 74.3 Å². The van der Waals surface area contributed by atoms with Crippen LogP contribution in [0.4, 0.5) is 3.50 Å². The van der Waals surface area contributed by atoms with Crippen molar-refractivity contribution in [3.05, 3.63) is 41.5 Å². The second-order valence-corrected chi connectivity index (χ2v) is 7.63. The summed E-state index contributed by atoms with van der Waals surface area (Å²) < 4.78 is 12.7. The van der Waals surface area contributed by atoms with E-state index in [0.29, 0.717) is 0 Å². The zero-order chi connectivity index (χ0) is 18.0. The Bertz CT molecular complexity index is 262. The molecule has 3 nitrogen and oxygen atoms in total. The summed E-state index contributed by atoms with van der Waals surface area (Å²) in [6, 6.07) is 7.85. The molecule has 3 unspecified atom stereocenters. The van der Waals surface area contributed by atoms with Crippen LogP contribution >= 0.6 is 0 Å². The van der Waals surface area contributed by atoms with Crippen LogP contribution in [0.2, 0.25) is 0 Å². The van der Waals surface area contributed by atoms with E-state index in [0.717, 1.165) is 23.7 Å². The standard InChI is InChI=1S/C5H6FGe.3C4H10N.Zr/c6-7-5-3-1-2-4-5;3*1-3-4(2)5;/h1-4H,7H2;3*4-5H,3H2,1-2H3;/q4*-1;+4. The summed E-state index contributed by atoms with van der Waals surface area (Å²) in [5.41, 5.74) is 20.5. The molecular weight excluding hydrogens is 429 g/mol. The fraction of sp³-hybridized carbons (Fsp3) is 0.706. The van der Waals surface area contributed by atoms with E-state index < -0.39 is 15.9 Å². The Balaban J connectivity index is -0.000000105. The van der Waals surface area contributed by atoms with Crippen LogP contribution < -0.4 is 4.40 Å². The first kappa shape index (κ1) is 31.4. The van der Waals surface area contributed by atoms with Crippen LogP contribution in [0.25, 0.3) is 17.2 Å². The summed E-state index contributed by atoms with van der Waals surface area (Å²) in [5, 5.41) is 0. The predicted molar refractivity (Wildman–Crippen MR) is 104 cm³/mol. The number of hydrogen-bond donors (Lipinski definition) is 0. The minimum absolute atomic E-state index is 0. The normalized spacial score (nSPS) is 13.1. The van der Waals surface area contributed by atoms with Crippen molar-refractivity contribution in [2.75, 3.05) is 0 Å². The Morgan fingerprint density at radius 3 is 1.13 bits per heavy atom. The van der Waals surface area contributed by atoms with Crippen LogP contribution in [0.15, 0.2) is 24.3 Å². The molecule has 0 heterocycles. The Hall–Kier alpha value is 0.586. The van der Waals surface area contributed by atoms with Gasteiger partial charge in [0.2, 0.25) is 0 Å². The van der Waals surface area contributed by atoms with Crippen LogP contribution in [0, 0.1) is 0 Å². The van der Waals surface area contributed by atoms with Crippen molar-refractivity contribution in [3.8, 4) is 0 Å². The molecule has 1 aromatic rings. The summed E-state index contributed by atoms with van der Waals surface area (Å²) in [6.45, 7) is 11.7. The van der Waals surface area contributed by atoms with E-state index in [1.165, 1.54) is 0 Å². The average Bonchev–Trinajstić information content (AvgIpc) is 3.02. The van der Waals surface area contributed by atoms with Crippen LogP contribution in [-0.4, -0.2) is 34.0 Å². The van der Waals surface area contributed by atoms with Gasteiger partial charge in [-0.1, -0.05) is 60.8 Å². The van der Waals surface area contributed by atoms with Gasteiger partial charge in [0.05, 0.1) is 0 Å². The second-order valence-electron chi connectivity index (χ2n) is 5.35. The molecule has 0 saturated heterocycles. The van der Waals surface area contributed by atoms with Crippen LogP contribution in [0.1, 0.15) is 60.8 Å². The molecule has 1 aromatic carbocycles. The Morgan fingerprint density at radius 2 is 1.04 bits per heavy atom. The third kappa shape index (κ3) is 39.4. The molecule has 23 heavy (non-hydrogen) atoms. The molecule has 6 heteroatoms. The van der Waals surface area contributed by atoms with Crippen molar-refractivity contribution in [1.82, 2.24) is 0 Å². The van der Waals surface area contributed by atoms with Gasteiger partial charge < -0.3 is 17.2 Å². The van der Waals surface area contributed by atoms with Gasteiger partial charge in [0.1, 0.15) is 0 Å². The fourth-order valence-corrected chi connectivity index (χ4v) is 1.45. The number of nitrogens with one attached hydrogen (secondary N) is 3. The first-order valence-corrected chi connectivity index (χ1v) is 10.7. The largest absolute Gasteiger partial charge is 4.00 e. The van der Waals surface area contributed by atoms with Gasteiger partial charge in [-0.3, -0.25) is 0 Å². The first-order chi connectivity index (χ1) is 10.2. The quantitative estimate of drug-likeness (QED) is 0.411. The van der Waals surface area contributed by atoms with Crippen molar-refractivity contribution in [3.63, 3.8) is 0 Å². The molecule has 0 fully saturated rings. The van der Waals surface area contributed by atoms with E-state index in [4.69, 9.17) is 17.2 Å². The molecule has 0 amide bonds. The summed E-state index contributed by atoms with van der Waals surface area (Å²) in [7, 11) is 0. The summed E-state index contributed by atoms with van der Waals surface area (Å²) >= 11 is -1.73. The molecule has 0 saturated carbocycles. The van der Waals surface area contributed by atoms with Gasteiger partial charge in [-0.15, -0.1) is 18.1 Å². The predicted octanol–water partition coefficient (Wildman–Crippen LogP) is 5.59. The molecule has 3 N–H and O–H groups in total. The SMILES string of the molecule is CCC(C)[NH-].CCC(C)[NH-].CCC(C)[NH-].[F][GeH2][c-]1cccc1.[Zr+4]. The molecular formula is C17H36FGeN3Zr. The molecule has 0 aliphatic heterocycles. The minimum Gasteiger partial charge on any atom is 4.00 e. The maximum Gasteiger partial charge on any atom is 4.00 e. The summed E-state index contributed by atoms with van der Waals surface area (Å²) in [6.07, 6.45) is 2.92. The smallest absolute Gasteiger partial charge is 4.00 e. The van der Waals surface area contributed by atoms with Gasteiger partial charge in [-0.2, -0.15) is 0 Å². The summed E-state index contributed by atoms with van der Waals surface area (Å²) in [4.78, 5) is 0. The van der Waals surface area contributed by atoms with Crippen LogP contribution in [0.3, 0.4) is 0 Å². The third-order valence-corrected chi connectivity index (χ3v) is 4.36. The van der Waals surface area contributed by atoms with E-state index in [9.17, 15) is 3.50 Å². The number of rotatable bonds is 4. The van der Waals surface area contributed by atoms with E-state index in [2.05, 4.69) is 0 Å². The van der Waals surface area contributed by atoms with Gasteiger partial charge in [-0.05, 0) is 0 Å². The van der Waals surface area contributed by atoms with E-state index in [1.807, 2.05) is 65.8 Å². The Morgan fingerprint density at radius 1 is 0.826 bits per heavy atom. The second kappa shape index (κ2) is 24.8. The Kier molecular flexibility index (Phi) is 33.9. The fourth-order valence-electron chi connectivity index (χ4n) is 0.503. The molecule has 0 spiro atoms. The number of hydrogen-bond acceptors (Lipinski definition) is 0. The molecule has 134 valence electrons. The third-order valence-electron chi connectivity index (χ3n) is 2.72. The number of halogens is 1. The van der Waals surface area contributed by atoms with Gasteiger partial charge in [0, 0.05) is 0 Å². The van der Waals surface area contributed by atoms with E-state index in [-0.39, 0.29) is 44.3 Å². The Labute approximate surface area is 169 Å². The molecule has 0 aliphatic carbocycles. The summed E-state index contributed by atoms with van der Waals surface area (Å²) in [5.74, 6) is 0. The first-order valence-electron chi connectivity index (χ1n) is 8.14.